The summed E-state index contributed by atoms with van der Waals surface area (Å²) in [5, 5.41) is 6.17. The highest BCUT2D eigenvalue weighted by molar-refractivity contribution is 6.03. The first-order chi connectivity index (χ1) is 13.1. The molecule has 138 valence electrons. The summed E-state index contributed by atoms with van der Waals surface area (Å²) in [6.07, 6.45) is 1.66. The van der Waals surface area contributed by atoms with E-state index in [0.717, 1.165) is 28.3 Å². The first-order valence-corrected chi connectivity index (χ1v) is 8.77. The van der Waals surface area contributed by atoms with Crippen LogP contribution in [0.1, 0.15) is 27.2 Å². The van der Waals surface area contributed by atoms with E-state index in [0.29, 0.717) is 12.2 Å². The number of pyridine rings is 1. The molecule has 1 heterocycles. The van der Waals surface area contributed by atoms with Gasteiger partial charge in [-0.15, -0.1) is 0 Å². The van der Waals surface area contributed by atoms with Gasteiger partial charge in [0, 0.05) is 17.8 Å². The van der Waals surface area contributed by atoms with Crippen LogP contribution in [0.5, 0.6) is 5.75 Å². The van der Waals surface area contributed by atoms with Gasteiger partial charge in [-0.05, 0) is 55.3 Å². The zero-order valence-electron chi connectivity index (χ0n) is 15.7. The Balaban J connectivity index is 1.62. The van der Waals surface area contributed by atoms with Crippen LogP contribution < -0.4 is 15.4 Å². The molecule has 0 unspecified atom stereocenters. The van der Waals surface area contributed by atoms with E-state index in [-0.39, 0.29) is 5.91 Å². The van der Waals surface area contributed by atoms with Crippen molar-refractivity contribution < 1.29 is 9.53 Å². The van der Waals surface area contributed by atoms with Crippen LogP contribution in [-0.2, 0) is 6.54 Å². The summed E-state index contributed by atoms with van der Waals surface area (Å²) in [5.41, 5.74) is 5.35. The van der Waals surface area contributed by atoms with Gasteiger partial charge in [-0.2, -0.15) is 0 Å². The summed E-state index contributed by atoms with van der Waals surface area (Å²) in [6, 6.07) is 17.2. The lowest BCUT2D eigenvalue weighted by molar-refractivity contribution is 0.102. The fourth-order valence-electron chi connectivity index (χ4n) is 2.69. The smallest absolute Gasteiger partial charge is 0.274 e. The number of para-hydroxylation sites is 1. The number of aryl methyl sites for hydroxylation is 2. The zero-order valence-corrected chi connectivity index (χ0v) is 15.7. The van der Waals surface area contributed by atoms with Crippen LogP contribution >= 0.6 is 0 Å². The topological polar surface area (TPSA) is 63.2 Å². The highest BCUT2D eigenvalue weighted by Crippen LogP contribution is 2.19. The lowest BCUT2D eigenvalue weighted by atomic mass is 10.1. The molecule has 0 saturated heterocycles. The molecule has 0 radical (unpaired) electrons. The average Bonchev–Trinajstić information content (AvgIpc) is 2.69. The third-order valence-electron chi connectivity index (χ3n) is 4.44. The maximum absolute atomic E-state index is 12.4. The summed E-state index contributed by atoms with van der Waals surface area (Å²) in [6.45, 7) is 4.67. The van der Waals surface area contributed by atoms with E-state index >= 15 is 0 Å². The number of hydrogen-bond donors (Lipinski definition) is 2. The van der Waals surface area contributed by atoms with Gasteiger partial charge in [0.05, 0.1) is 19.0 Å². The zero-order chi connectivity index (χ0) is 19.2. The Morgan fingerprint density at radius 1 is 1.00 bits per heavy atom. The monoisotopic (exact) mass is 361 g/mol. The van der Waals surface area contributed by atoms with Gasteiger partial charge in [-0.1, -0.05) is 24.3 Å². The van der Waals surface area contributed by atoms with Gasteiger partial charge in [0.1, 0.15) is 11.4 Å². The predicted octanol–water partition coefficient (Wildman–Crippen LogP) is 4.57. The lowest BCUT2D eigenvalue weighted by Gasteiger charge is -2.11. The molecule has 0 fully saturated rings. The van der Waals surface area contributed by atoms with E-state index in [1.54, 1.807) is 19.4 Å². The Kier molecular flexibility index (Phi) is 5.71. The Labute approximate surface area is 159 Å². The number of benzene rings is 2. The Morgan fingerprint density at radius 3 is 2.48 bits per heavy atom. The van der Waals surface area contributed by atoms with Gasteiger partial charge in [-0.25, -0.2) is 4.98 Å². The lowest BCUT2D eigenvalue weighted by Crippen LogP contribution is -2.14. The number of aromatic nitrogens is 1. The Hall–Kier alpha value is -3.34. The summed E-state index contributed by atoms with van der Waals surface area (Å²) >= 11 is 0. The van der Waals surface area contributed by atoms with Crippen LogP contribution in [0.25, 0.3) is 0 Å². The van der Waals surface area contributed by atoms with Crippen molar-refractivity contribution in [2.45, 2.75) is 20.4 Å². The molecule has 2 N–H and O–H groups in total. The molecule has 1 aromatic heterocycles. The van der Waals surface area contributed by atoms with E-state index in [1.807, 2.05) is 62.4 Å². The number of methoxy groups -OCH3 is 1. The Morgan fingerprint density at radius 2 is 1.78 bits per heavy atom. The van der Waals surface area contributed by atoms with Crippen molar-refractivity contribution in [1.82, 2.24) is 4.98 Å². The molecule has 0 aliphatic heterocycles. The molecule has 0 atom stereocenters. The number of carbonyl (C=O) groups is 1. The molecule has 0 spiro atoms. The number of hydrogen-bond acceptors (Lipinski definition) is 4. The number of nitrogens with zero attached hydrogens (tertiary/aromatic N) is 1. The summed E-state index contributed by atoms with van der Waals surface area (Å²) in [5.74, 6) is 0.608. The highest BCUT2D eigenvalue weighted by atomic mass is 16.5. The molecule has 1 amide bonds. The first-order valence-electron chi connectivity index (χ1n) is 8.77. The minimum absolute atomic E-state index is 0.227. The van der Waals surface area contributed by atoms with Crippen molar-refractivity contribution in [2.75, 3.05) is 17.7 Å². The second-order valence-electron chi connectivity index (χ2n) is 6.35. The molecule has 0 bridgehead atoms. The van der Waals surface area contributed by atoms with Crippen LogP contribution in [0.3, 0.4) is 0 Å². The van der Waals surface area contributed by atoms with E-state index in [4.69, 9.17) is 4.74 Å². The standard InChI is InChI=1S/C22H23N3O2/c1-15-8-9-18(12-16(15)2)25-22(26)20-11-10-19(14-24-20)23-13-17-6-4-5-7-21(17)27-3/h4-12,14,23H,13H2,1-3H3,(H,25,26). The number of anilines is 2. The minimum Gasteiger partial charge on any atom is -0.496 e. The minimum atomic E-state index is -0.227. The second kappa shape index (κ2) is 8.36. The number of carbonyl (C=O) groups excluding carboxylic acids is 1. The van der Waals surface area contributed by atoms with Gasteiger partial charge in [-0.3, -0.25) is 4.79 Å². The van der Waals surface area contributed by atoms with Crippen LogP contribution in [-0.4, -0.2) is 18.0 Å². The third-order valence-corrected chi connectivity index (χ3v) is 4.44. The molecule has 0 aliphatic rings. The van der Waals surface area contributed by atoms with Crippen molar-refractivity contribution in [3.05, 3.63) is 83.2 Å². The van der Waals surface area contributed by atoms with Crippen molar-refractivity contribution in [3.63, 3.8) is 0 Å². The van der Waals surface area contributed by atoms with Crippen molar-refractivity contribution in [1.29, 1.82) is 0 Å². The molecule has 3 aromatic rings. The molecular formula is C22H23N3O2. The Bertz CT molecular complexity index is 937. The van der Waals surface area contributed by atoms with Gasteiger partial charge >= 0.3 is 0 Å². The van der Waals surface area contributed by atoms with Crippen LogP contribution in [0.15, 0.2) is 60.8 Å². The van der Waals surface area contributed by atoms with E-state index in [9.17, 15) is 4.79 Å². The SMILES string of the molecule is COc1ccccc1CNc1ccc(C(=O)Nc2ccc(C)c(C)c2)nc1. The first kappa shape index (κ1) is 18.5. The molecule has 0 saturated carbocycles. The summed E-state index contributed by atoms with van der Waals surface area (Å²) < 4.78 is 5.35. The van der Waals surface area contributed by atoms with Gasteiger partial charge in [0.15, 0.2) is 0 Å². The fourth-order valence-corrected chi connectivity index (χ4v) is 2.69. The average molecular weight is 361 g/mol. The highest BCUT2D eigenvalue weighted by Gasteiger charge is 2.09. The number of amides is 1. The normalized spacial score (nSPS) is 10.3. The second-order valence-corrected chi connectivity index (χ2v) is 6.35. The van der Waals surface area contributed by atoms with Crippen LogP contribution in [0.4, 0.5) is 11.4 Å². The molecular weight excluding hydrogens is 338 g/mol. The molecule has 5 nitrogen and oxygen atoms in total. The van der Waals surface area contributed by atoms with Crippen molar-refractivity contribution >= 4 is 17.3 Å². The predicted molar refractivity (Wildman–Crippen MR) is 108 cm³/mol. The molecule has 5 heteroatoms. The largest absolute Gasteiger partial charge is 0.496 e. The summed E-state index contributed by atoms with van der Waals surface area (Å²) in [7, 11) is 1.66. The maximum atomic E-state index is 12.4. The summed E-state index contributed by atoms with van der Waals surface area (Å²) in [4.78, 5) is 16.6. The third kappa shape index (κ3) is 4.64. The van der Waals surface area contributed by atoms with Gasteiger partial charge in [0.25, 0.3) is 5.91 Å². The van der Waals surface area contributed by atoms with E-state index in [2.05, 4.69) is 15.6 Å². The molecule has 0 aliphatic carbocycles. The molecule has 27 heavy (non-hydrogen) atoms. The van der Waals surface area contributed by atoms with E-state index < -0.39 is 0 Å². The number of nitrogens with one attached hydrogen (secondary N) is 2. The molecule has 3 rings (SSSR count). The van der Waals surface area contributed by atoms with Crippen LogP contribution in [0.2, 0.25) is 0 Å². The van der Waals surface area contributed by atoms with E-state index in [1.165, 1.54) is 5.56 Å². The van der Waals surface area contributed by atoms with Crippen molar-refractivity contribution in [3.8, 4) is 5.75 Å². The van der Waals surface area contributed by atoms with Crippen molar-refractivity contribution in [2.24, 2.45) is 0 Å². The number of rotatable bonds is 6. The fraction of sp³-hybridized carbons (Fsp3) is 0.182. The van der Waals surface area contributed by atoms with Crippen LogP contribution in [0, 0.1) is 13.8 Å². The molecule has 2 aromatic carbocycles. The maximum Gasteiger partial charge on any atom is 0.274 e. The quantitative estimate of drug-likeness (QED) is 0.675. The number of ether oxygens (including phenoxy) is 1. The van der Waals surface area contributed by atoms with Gasteiger partial charge in [0.2, 0.25) is 0 Å². The van der Waals surface area contributed by atoms with Gasteiger partial charge < -0.3 is 15.4 Å².